The smallest absolute Gasteiger partial charge is 0.193 e. The highest BCUT2D eigenvalue weighted by Crippen LogP contribution is 2.22. The minimum atomic E-state index is 0.256. The lowest BCUT2D eigenvalue weighted by atomic mass is 10.8. The Morgan fingerprint density at radius 1 is 1.89 bits per heavy atom. The number of rotatable bonds is 2. The number of nitrogens with zero attached hydrogens (tertiary/aromatic N) is 1. The van der Waals surface area contributed by atoms with E-state index in [1.54, 1.807) is 0 Å². The van der Waals surface area contributed by atoms with Crippen molar-refractivity contribution in [2.45, 2.75) is 6.92 Å². The Hall–Kier alpha value is -0.770. The van der Waals surface area contributed by atoms with Gasteiger partial charge in [0.05, 0.1) is 6.20 Å². The molecule has 0 saturated carbocycles. The Balaban J connectivity index is 2.61. The zero-order valence-electron chi connectivity index (χ0n) is 5.09. The zero-order valence-corrected chi connectivity index (χ0v) is 5.90. The van der Waals surface area contributed by atoms with E-state index in [0.717, 1.165) is 11.7 Å². The number of aromatic nitrogens is 1. The molecule has 0 aliphatic carbocycles. The molecule has 0 aliphatic rings. The molecule has 0 atom stereocenters. The van der Waals surface area contributed by atoms with Gasteiger partial charge in [-0.05, 0) is 6.92 Å². The van der Waals surface area contributed by atoms with Gasteiger partial charge in [-0.1, -0.05) is 11.3 Å². The van der Waals surface area contributed by atoms with Gasteiger partial charge in [0.2, 0.25) is 0 Å². The van der Waals surface area contributed by atoms with Crippen molar-refractivity contribution < 1.29 is 5.11 Å². The van der Waals surface area contributed by atoms with E-state index in [2.05, 4.69) is 10.3 Å². The van der Waals surface area contributed by atoms with Crippen molar-refractivity contribution in [2.75, 3.05) is 11.9 Å². The second-order valence-corrected chi connectivity index (χ2v) is 2.54. The SMILES string of the molecule is CCNc1ncc(O)s1. The largest absolute Gasteiger partial charge is 0.498 e. The molecule has 1 aromatic rings. The van der Waals surface area contributed by atoms with Gasteiger partial charge in [-0.25, -0.2) is 4.98 Å². The molecule has 50 valence electrons. The van der Waals surface area contributed by atoms with Gasteiger partial charge >= 0.3 is 0 Å². The molecular formula is C5H8N2OS. The summed E-state index contributed by atoms with van der Waals surface area (Å²) < 4.78 is 0. The molecule has 0 bridgehead atoms. The number of anilines is 1. The Morgan fingerprint density at radius 2 is 2.67 bits per heavy atom. The minimum absolute atomic E-state index is 0.256. The van der Waals surface area contributed by atoms with Gasteiger partial charge in [-0.3, -0.25) is 0 Å². The van der Waals surface area contributed by atoms with E-state index in [1.165, 1.54) is 17.5 Å². The topological polar surface area (TPSA) is 45.2 Å². The summed E-state index contributed by atoms with van der Waals surface area (Å²) in [4.78, 5) is 3.86. The van der Waals surface area contributed by atoms with Crippen molar-refractivity contribution >= 4 is 16.5 Å². The first-order valence-corrected chi connectivity index (χ1v) is 3.53. The predicted molar refractivity (Wildman–Crippen MR) is 37.9 cm³/mol. The summed E-state index contributed by atoms with van der Waals surface area (Å²) >= 11 is 1.25. The molecular weight excluding hydrogens is 136 g/mol. The summed E-state index contributed by atoms with van der Waals surface area (Å²) in [6.45, 7) is 2.82. The first kappa shape index (κ1) is 6.35. The van der Waals surface area contributed by atoms with Crippen molar-refractivity contribution in [1.82, 2.24) is 4.98 Å². The van der Waals surface area contributed by atoms with E-state index in [4.69, 9.17) is 5.11 Å². The zero-order chi connectivity index (χ0) is 6.69. The molecule has 0 saturated heterocycles. The second-order valence-electron chi connectivity index (χ2n) is 1.53. The van der Waals surface area contributed by atoms with Crippen LogP contribution in [0, 0.1) is 0 Å². The summed E-state index contributed by atoms with van der Waals surface area (Å²) in [5.41, 5.74) is 0. The molecule has 1 heterocycles. The maximum absolute atomic E-state index is 8.80. The molecule has 1 aromatic heterocycles. The van der Waals surface area contributed by atoms with Crippen LogP contribution >= 0.6 is 11.3 Å². The van der Waals surface area contributed by atoms with Gasteiger partial charge in [0.15, 0.2) is 10.2 Å². The van der Waals surface area contributed by atoms with Gasteiger partial charge in [0, 0.05) is 6.54 Å². The van der Waals surface area contributed by atoms with Crippen molar-refractivity contribution in [3.63, 3.8) is 0 Å². The number of nitrogens with one attached hydrogen (secondary N) is 1. The third-order valence-electron chi connectivity index (χ3n) is 0.821. The van der Waals surface area contributed by atoms with Crippen LogP contribution in [0.3, 0.4) is 0 Å². The number of thiazole rings is 1. The standard InChI is InChI=1S/C5H8N2OS/c1-2-6-5-7-3-4(8)9-5/h3,8H,2H2,1H3,(H,6,7). The summed E-state index contributed by atoms with van der Waals surface area (Å²) in [6, 6.07) is 0. The fraction of sp³-hybridized carbons (Fsp3) is 0.400. The highest BCUT2D eigenvalue weighted by atomic mass is 32.1. The first-order valence-electron chi connectivity index (χ1n) is 2.71. The highest BCUT2D eigenvalue weighted by Gasteiger charge is 1.95. The van der Waals surface area contributed by atoms with Gasteiger partial charge in [0.1, 0.15) is 0 Å². The van der Waals surface area contributed by atoms with Crippen LogP contribution in [0.25, 0.3) is 0 Å². The van der Waals surface area contributed by atoms with E-state index in [-0.39, 0.29) is 5.06 Å². The Morgan fingerprint density at radius 3 is 3.11 bits per heavy atom. The van der Waals surface area contributed by atoms with Crippen LogP contribution in [-0.4, -0.2) is 16.6 Å². The highest BCUT2D eigenvalue weighted by molar-refractivity contribution is 7.17. The summed E-state index contributed by atoms with van der Waals surface area (Å²) in [5, 5.41) is 12.8. The van der Waals surface area contributed by atoms with Crippen molar-refractivity contribution in [1.29, 1.82) is 0 Å². The third-order valence-corrected chi connectivity index (χ3v) is 1.58. The van der Waals surface area contributed by atoms with Gasteiger partial charge in [0.25, 0.3) is 0 Å². The number of aromatic hydroxyl groups is 1. The Bertz CT molecular complexity index is 187. The van der Waals surface area contributed by atoms with Gasteiger partial charge in [-0.15, -0.1) is 0 Å². The van der Waals surface area contributed by atoms with Crippen molar-refractivity contribution in [3.8, 4) is 5.06 Å². The molecule has 0 amide bonds. The Kier molecular flexibility index (Phi) is 1.89. The lowest BCUT2D eigenvalue weighted by Crippen LogP contribution is -1.93. The lowest BCUT2D eigenvalue weighted by molar-refractivity contribution is 0.489. The lowest BCUT2D eigenvalue weighted by Gasteiger charge is -1.91. The summed E-state index contributed by atoms with van der Waals surface area (Å²) in [7, 11) is 0. The fourth-order valence-electron chi connectivity index (χ4n) is 0.499. The van der Waals surface area contributed by atoms with Crippen LogP contribution in [0.4, 0.5) is 5.13 Å². The van der Waals surface area contributed by atoms with E-state index < -0.39 is 0 Å². The van der Waals surface area contributed by atoms with E-state index >= 15 is 0 Å². The average molecular weight is 144 g/mol. The summed E-state index contributed by atoms with van der Waals surface area (Å²) in [6.07, 6.45) is 1.43. The molecule has 0 aliphatic heterocycles. The minimum Gasteiger partial charge on any atom is -0.498 e. The second kappa shape index (κ2) is 2.68. The molecule has 9 heavy (non-hydrogen) atoms. The van der Waals surface area contributed by atoms with Crippen molar-refractivity contribution in [2.24, 2.45) is 0 Å². The van der Waals surface area contributed by atoms with Crippen LogP contribution in [-0.2, 0) is 0 Å². The molecule has 3 nitrogen and oxygen atoms in total. The predicted octanol–water partition coefficient (Wildman–Crippen LogP) is 1.28. The van der Waals surface area contributed by atoms with Crippen LogP contribution < -0.4 is 5.32 Å². The van der Waals surface area contributed by atoms with E-state index in [9.17, 15) is 0 Å². The maximum atomic E-state index is 8.80. The molecule has 0 fully saturated rings. The molecule has 0 radical (unpaired) electrons. The van der Waals surface area contributed by atoms with Gasteiger partial charge < -0.3 is 10.4 Å². The maximum Gasteiger partial charge on any atom is 0.193 e. The normalized spacial score (nSPS) is 9.44. The molecule has 2 N–H and O–H groups in total. The quantitative estimate of drug-likeness (QED) is 0.657. The van der Waals surface area contributed by atoms with Crippen LogP contribution in [0.5, 0.6) is 5.06 Å². The molecule has 1 rings (SSSR count). The van der Waals surface area contributed by atoms with Crippen molar-refractivity contribution in [3.05, 3.63) is 6.20 Å². The average Bonchev–Trinajstić information content (AvgIpc) is 2.17. The third kappa shape index (κ3) is 1.57. The van der Waals surface area contributed by atoms with Gasteiger partial charge in [-0.2, -0.15) is 0 Å². The fourth-order valence-corrected chi connectivity index (χ4v) is 1.12. The number of hydrogen-bond donors (Lipinski definition) is 2. The van der Waals surface area contributed by atoms with E-state index in [1.807, 2.05) is 6.92 Å². The monoisotopic (exact) mass is 144 g/mol. The number of hydrogen-bond acceptors (Lipinski definition) is 4. The van der Waals surface area contributed by atoms with E-state index in [0.29, 0.717) is 0 Å². The Labute approximate surface area is 57.4 Å². The molecule has 0 aromatic carbocycles. The summed E-state index contributed by atoms with van der Waals surface area (Å²) in [5.74, 6) is 0. The van der Waals surface area contributed by atoms with Crippen LogP contribution in [0.15, 0.2) is 6.20 Å². The van der Waals surface area contributed by atoms with Crippen LogP contribution in [0.2, 0.25) is 0 Å². The molecule has 0 spiro atoms. The molecule has 0 unspecified atom stereocenters. The molecule has 4 heteroatoms. The first-order chi connectivity index (χ1) is 4.33. The van der Waals surface area contributed by atoms with Crippen LogP contribution in [0.1, 0.15) is 6.92 Å².